The Hall–Kier alpha value is -3.34. The van der Waals surface area contributed by atoms with Crippen molar-refractivity contribution in [2.45, 2.75) is 51.7 Å². The van der Waals surface area contributed by atoms with E-state index in [0.29, 0.717) is 24.2 Å². The van der Waals surface area contributed by atoms with Crippen LogP contribution in [0.15, 0.2) is 36.4 Å². The van der Waals surface area contributed by atoms with Crippen LogP contribution in [0.2, 0.25) is 0 Å². The van der Waals surface area contributed by atoms with Gasteiger partial charge in [-0.1, -0.05) is 6.07 Å². The van der Waals surface area contributed by atoms with Gasteiger partial charge in [0.1, 0.15) is 17.2 Å². The van der Waals surface area contributed by atoms with Crippen molar-refractivity contribution >= 4 is 59.2 Å². The molecule has 0 spiro atoms. The van der Waals surface area contributed by atoms with Gasteiger partial charge in [0.25, 0.3) is 0 Å². The number of amides is 1. The molecular weight excluding hydrogens is 529 g/mol. The molecule has 1 aliphatic heterocycles. The highest BCUT2D eigenvalue weighted by Gasteiger charge is 2.42. The van der Waals surface area contributed by atoms with Gasteiger partial charge in [0.05, 0.1) is 24.1 Å². The Morgan fingerprint density at radius 2 is 1.92 bits per heavy atom. The van der Waals surface area contributed by atoms with Gasteiger partial charge in [-0.3, -0.25) is 20.3 Å². The van der Waals surface area contributed by atoms with E-state index in [0.717, 1.165) is 41.0 Å². The number of benzene rings is 2. The van der Waals surface area contributed by atoms with Crippen LogP contribution in [0, 0.1) is 12.3 Å². The maximum atomic E-state index is 13.7. The highest BCUT2D eigenvalue weighted by Crippen LogP contribution is 2.33. The van der Waals surface area contributed by atoms with Crippen LogP contribution in [0.25, 0.3) is 11.0 Å². The van der Waals surface area contributed by atoms with E-state index in [1.54, 1.807) is 19.1 Å². The first-order valence-electron chi connectivity index (χ1n) is 12.0. The number of fused-ring (bicyclic) bond motifs is 1. The largest absolute Gasteiger partial charge is 0.480 e. The fourth-order valence-corrected chi connectivity index (χ4v) is 4.90. The van der Waals surface area contributed by atoms with Gasteiger partial charge < -0.3 is 26.0 Å². The van der Waals surface area contributed by atoms with Crippen molar-refractivity contribution in [1.29, 1.82) is 5.41 Å². The standard InChI is InChI=1S/C26H33N7O3.2ClH/c1-15-5-4-12-33(15)25(36)26(3,30-14-22(34)35)19-10-11-20-23(16(19)2)32-21(31-20)13-29-18-8-6-17(7-9-18)24(27)28;;/h6-11,15,29-30H,4-5,12-14H2,1-3H3,(H3,27,28)(H,31,32)(H,34,35);2*1H/t15-,26+;;/m1../s1. The Kier molecular flexibility index (Phi) is 10.1. The van der Waals surface area contributed by atoms with E-state index in [1.165, 1.54) is 0 Å². The van der Waals surface area contributed by atoms with E-state index in [-0.39, 0.29) is 49.1 Å². The fourth-order valence-electron chi connectivity index (χ4n) is 4.90. The van der Waals surface area contributed by atoms with E-state index in [9.17, 15) is 14.7 Å². The molecule has 1 aliphatic rings. The quantitative estimate of drug-likeness (QED) is 0.171. The number of hydrogen-bond donors (Lipinski definition) is 6. The molecule has 2 heterocycles. The number of carbonyl (C=O) groups is 2. The van der Waals surface area contributed by atoms with Gasteiger partial charge >= 0.3 is 5.97 Å². The Labute approximate surface area is 234 Å². The van der Waals surface area contributed by atoms with Crippen molar-refractivity contribution in [1.82, 2.24) is 20.2 Å². The van der Waals surface area contributed by atoms with Crippen molar-refractivity contribution in [2.75, 3.05) is 18.4 Å². The lowest BCUT2D eigenvalue weighted by molar-refractivity contribution is -0.140. The van der Waals surface area contributed by atoms with Crippen molar-refractivity contribution < 1.29 is 14.7 Å². The van der Waals surface area contributed by atoms with Gasteiger partial charge in [-0.2, -0.15) is 0 Å². The van der Waals surface area contributed by atoms with E-state index >= 15 is 0 Å². The zero-order chi connectivity index (χ0) is 26.0. The summed E-state index contributed by atoms with van der Waals surface area (Å²) >= 11 is 0. The van der Waals surface area contributed by atoms with Crippen molar-refractivity contribution in [3.05, 3.63) is 58.9 Å². The lowest BCUT2D eigenvalue weighted by atomic mass is 9.86. The molecule has 0 unspecified atom stereocenters. The molecule has 3 aromatic rings. The molecule has 1 aromatic heterocycles. The minimum absolute atomic E-state index is 0. The molecule has 1 amide bonds. The number of nitrogens with zero attached hydrogens (tertiary/aromatic N) is 2. The van der Waals surface area contributed by atoms with Crippen molar-refractivity contribution in [3.8, 4) is 0 Å². The van der Waals surface area contributed by atoms with E-state index in [1.807, 2.05) is 43.0 Å². The third-order valence-electron chi connectivity index (χ3n) is 6.99. The topological polar surface area (TPSA) is 160 Å². The first-order valence-corrected chi connectivity index (χ1v) is 12.0. The smallest absolute Gasteiger partial charge is 0.317 e. The third kappa shape index (κ3) is 6.20. The summed E-state index contributed by atoms with van der Waals surface area (Å²) in [5, 5.41) is 23.2. The number of nitrogens with two attached hydrogens (primary N) is 1. The number of aryl methyl sites for hydroxylation is 1. The Morgan fingerprint density at radius 1 is 1.24 bits per heavy atom. The van der Waals surface area contributed by atoms with Crippen LogP contribution in [0.3, 0.4) is 0 Å². The maximum Gasteiger partial charge on any atom is 0.317 e. The summed E-state index contributed by atoms with van der Waals surface area (Å²) in [6, 6.07) is 11.1. The fraction of sp³-hybridized carbons (Fsp3) is 0.385. The van der Waals surface area contributed by atoms with Gasteiger partial charge in [0.2, 0.25) is 5.91 Å². The molecular formula is C26H35Cl2N7O3. The number of carbonyl (C=O) groups excluding carboxylic acids is 1. The number of anilines is 1. The van der Waals surface area contributed by atoms with Gasteiger partial charge in [-0.15, -0.1) is 24.8 Å². The lowest BCUT2D eigenvalue weighted by Gasteiger charge is -2.36. The number of halogens is 2. The summed E-state index contributed by atoms with van der Waals surface area (Å²) < 4.78 is 0. The number of nitrogens with one attached hydrogen (secondary N) is 4. The first-order chi connectivity index (χ1) is 17.1. The van der Waals surface area contributed by atoms with Crippen LogP contribution < -0.4 is 16.4 Å². The molecule has 0 aliphatic carbocycles. The molecule has 2 atom stereocenters. The monoisotopic (exact) mass is 563 g/mol. The van der Waals surface area contributed by atoms with E-state index in [2.05, 4.69) is 15.6 Å². The maximum absolute atomic E-state index is 13.7. The highest BCUT2D eigenvalue weighted by atomic mass is 35.5. The number of hydrogen-bond acceptors (Lipinski definition) is 6. The van der Waals surface area contributed by atoms with Crippen LogP contribution in [-0.4, -0.2) is 56.8 Å². The van der Waals surface area contributed by atoms with Crippen molar-refractivity contribution in [3.63, 3.8) is 0 Å². The minimum atomic E-state index is -1.20. The number of H-pyrrole nitrogens is 1. The molecule has 4 rings (SSSR count). The average molecular weight is 565 g/mol. The summed E-state index contributed by atoms with van der Waals surface area (Å²) in [6.45, 7) is 6.48. The number of imidazole rings is 1. The number of aromatic nitrogens is 2. The molecule has 2 aromatic carbocycles. The number of carboxylic acids is 1. The van der Waals surface area contributed by atoms with Crippen LogP contribution in [-0.2, 0) is 21.7 Å². The van der Waals surface area contributed by atoms with Gasteiger partial charge in [-0.05, 0) is 75.1 Å². The number of rotatable bonds is 9. The van der Waals surface area contributed by atoms with Gasteiger partial charge in [0, 0.05) is 23.8 Å². The molecule has 0 bridgehead atoms. The van der Waals surface area contributed by atoms with Crippen LogP contribution >= 0.6 is 24.8 Å². The number of likely N-dealkylation sites (tertiary alicyclic amines) is 1. The number of nitrogen functional groups attached to an aromatic ring is 1. The molecule has 12 heteroatoms. The molecule has 1 saturated heterocycles. The predicted molar refractivity (Wildman–Crippen MR) is 154 cm³/mol. The Morgan fingerprint density at radius 3 is 2.50 bits per heavy atom. The van der Waals surface area contributed by atoms with Crippen LogP contribution in [0.5, 0.6) is 0 Å². The first kappa shape index (κ1) is 30.9. The molecule has 0 saturated carbocycles. The van der Waals surface area contributed by atoms with Crippen LogP contribution in [0.1, 0.15) is 49.2 Å². The molecule has 0 radical (unpaired) electrons. The second-order valence-corrected chi connectivity index (χ2v) is 9.52. The highest BCUT2D eigenvalue weighted by molar-refractivity contribution is 5.95. The average Bonchev–Trinajstić information content (AvgIpc) is 3.47. The molecule has 1 fully saturated rings. The van der Waals surface area contributed by atoms with Crippen LogP contribution in [0.4, 0.5) is 5.69 Å². The van der Waals surface area contributed by atoms with Gasteiger partial charge in [0.15, 0.2) is 0 Å². The molecule has 7 N–H and O–H groups in total. The summed E-state index contributed by atoms with van der Waals surface area (Å²) in [5.74, 6) is -0.400. The van der Waals surface area contributed by atoms with Crippen molar-refractivity contribution in [2.24, 2.45) is 5.73 Å². The number of amidine groups is 1. The lowest BCUT2D eigenvalue weighted by Crippen LogP contribution is -2.55. The zero-order valence-corrected chi connectivity index (χ0v) is 23.3. The second kappa shape index (κ2) is 12.5. The molecule has 38 heavy (non-hydrogen) atoms. The third-order valence-corrected chi connectivity index (χ3v) is 6.99. The summed E-state index contributed by atoms with van der Waals surface area (Å²) in [7, 11) is 0. The summed E-state index contributed by atoms with van der Waals surface area (Å²) in [5.41, 5.74) is 8.95. The number of aromatic amines is 1. The molecule has 206 valence electrons. The van der Waals surface area contributed by atoms with E-state index < -0.39 is 11.5 Å². The predicted octanol–water partition coefficient (Wildman–Crippen LogP) is 3.51. The summed E-state index contributed by atoms with van der Waals surface area (Å²) in [6.07, 6.45) is 1.87. The number of carboxylic acid groups (broad SMARTS) is 1. The van der Waals surface area contributed by atoms with Gasteiger partial charge in [-0.25, -0.2) is 4.98 Å². The number of aliphatic carboxylic acids is 1. The summed E-state index contributed by atoms with van der Waals surface area (Å²) in [4.78, 5) is 35.1. The second-order valence-electron chi connectivity index (χ2n) is 9.52. The normalized spacial score (nSPS) is 16.3. The minimum Gasteiger partial charge on any atom is -0.480 e. The Balaban J connectivity index is 0.00000253. The molecule has 10 nitrogen and oxygen atoms in total. The SMILES string of the molecule is Cc1c([C@](C)(NCC(=O)O)C(=O)N2CCC[C@H]2C)ccc2[nH]c(CNc3ccc(C(=N)N)cc3)nc12.Cl.Cl. The zero-order valence-electron chi connectivity index (χ0n) is 21.6. The van der Waals surface area contributed by atoms with E-state index in [4.69, 9.17) is 16.1 Å². The Bertz CT molecular complexity index is 1310.